The van der Waals surface area contributed by atoms with Gasteiger partial charge in [-0.25, -0.2) is 4.98 Å². The molecule has 1 aromatic heterocycles. The van der Waals surface area contributed by atoms with Crippen molar-refractivity contribution < 1.29 is 24.2 Å². The molecule has 11 heteroatoms. The lowest BCUT2D eigenvalue weighted by atomic mass is 10.2. The summed E-state index contributed by atoms with van der Waals surface area (Å²) < 4.78 is 5.00. The first kappa shape index (κ1) is 22.1. The minimum Gasteiger partial charge on any atom is -0.481 e. The SMILES string of the molecule is COCCN(CC(=O)Nc1nc(CC(=O)O)cs1)C(=O)c1ccc(Cl)c(Cl)c1. The molecule has 2 amide bonds. The van der Waals surface area contributed by atoms with Gasteiger partial charge in [0.05, 0.1) is 28.8 Å². The Balaban J connectivity index is 2.06. The van der Waals surface area contributed by atoms with Crippen molar-refractivity contribution in [1.29, 1.82) is 0 Å². The molecule has 0 saturated heterocycles. The van der Waals surface area contributed by atoms with E-state index < -0.39 is 17.8 Å². The maximum absolute atomic E-state index is 12.7. The van der Waals surface area contributed by atoms with Gasteiger partial charge in [-0.05, 0) is 18.2 Å². The van der Waals surface area contributed by atoms with Gasteiger partial charge in [0, 0.05) is 24.6 Å². The van der Waals surface area contributed by atoms with Gasteiger partial charge < -0.3 is 20.1 Å². The number of aromatic nitrogens is 1. The van der Waals surface area contributed by atoms with Crippen molar-refractivity contribution in [2.75, 3.05) is 32.1 Å². The first-order valence-corrected chi connectivity index (χ1v) is 9.63. The van der Waals surface area contributed by atoms with Crippen LogP contribution in [-0.4, -0.2) is 59.6 Å². The van der Waals surface area contributed by atoms with Crippen LogP contribution in [0.25, 0.3) is 0 Å². The molecule has 0 bridgehead atoms. The number of carboxylic acids is 1. The Kier molecular flexibility index (Phi) is 8.18. The molecule has 0 aliphatic carbocycles. The maximum atomic E-state index is 12.7. The molecule has 28 heavy (non-hydrogen) atoms. The number of anilines is 1. The first-order chi connectivity index (χ1) is 13.3. The summed E-state index contributed by atoms with van der Waals surface area (Å²) in [5, 5.41) is 13.7. The van der Waals surface area contributed by atoms with Gasteiger partial charge in [0.2, 0.25) is 5.91 Å². The lowest BCUT2D eigenvalue weighted by Gasteiger charge is -2.22. The minimum absolute atomic E-state index is 0.186. The fraction of sp³-hybridized carbons (Fsp3) is 0.294. The molecule has 0 aliphatic heterocycles. The summed E-state index contributed by atoms with van der Waals surface area (Å²) in [6.07, 6.45) is -0.234. The van der Waals surface area contributed by atoms with E-state index in [9.17, 15) is 14.4 Å². The van der Waals surface area contributed by atoms with E-state index in [1.807, 2.05) is 0 Å². The number of aliphatic carboxylic acids is 1. The van der Waals surface area contributed by atoms with Gasteiger partial charge in [0.25, 0.3) is 5.91 Å². The van der Waals surface area contributed by atoms with Gasteiger partial charge in [0.1, 0.15) is 6.54 Å². The van der Waals surface area contributed by atoms with Gasteiger partial charge in [-0.1, -0.05) is 23.2 Å². The van der Waals surface area contributed by atoms with E-state index >= 15 is 0 Å². The van der Waals surface area contributed by atoms with E-state index in [2.05, 4.69) is 10.3 Å². The van der Waals surface area contributed by atoms with Crippen molar-refractivity contribution in [3.63, 3.8) is 0 Å². The third-order valence-electron chi connectivity index (χ3n) is 3.48. The maximum Gasteiger partial charge on any atom is 0.309 e. The normalized spacial score (nSPS) is 10.5. The zero-order chi connectivity index (χ0) is 20.7. The number of nitrogens with zero attached hydrogens (tertiary/aromatic N) is 2. The van der Waals surface area contributed by atoms with Crippen LogP contribution in [0.15, 0.2) is 23.6 Å². The number of halogens is 2. The summed E-state index contributed by atoms with van der Waals surface area (Å²) in [7, 11) is 1.49. The van der Waals surface area contributed by atoms with Crippen LogP contribution in [0, 0.1) is 0 Å². The number of nitrogens with one attached hydrogen (secondary N) is 1. The number of carboxylic acid groups (broad SMARTS) is 1. The molecular formula is C17H17Cl2N3O5S. The zero-order valence-electron chi connectivity index (χ0n) is 14.8. The number of amides is 2. The van der Waals surface area contributed by atoms with E-state index in [0.717, 1.165) is 11.3 Å². The van der Waals surface area contributed by atoms with E-state index in [1.165, 1.54) is 30.2 Å². The van der Waals surface area contributed by atoms with Crippen LogP contribution in [0.2, 0.25) is 10.0 Å². The van der Waals surface area contributed by atoms with E-state index in [0.29, 0.717) is 10.7 Å². The monoisotopic (exact) mass is 445 g/mol. The number of thiazole rings is 1. The highest BCUT2D eigenvalue weighted by atomic mass is 35.5. The predicted octanol–water partition coefficient (Wildman–Crippen LogP) is 2.80. The summed E-state index contributed by atoms with van der Waals surface area (Å²) in [5.74, 6) is -1.89. The third-order valence-corrected chi connectivity index (χ3v) is 5.03. The molecule has 0 unspecified atom stereocenters. The number of hydrogen-bond donors (Lipinski definition) is 2. The third kappa shape index (κ3) is 6.45. The molecule has 0 spiro atoms. The summed E-state index contributed by atoms with van der Waals surface area (Å²) in [6.45, 7) is 0.182. The lowest BCUT2D eigenvalue weighted by molar-refractivity contribution is -0.136. The Morgan fingerprint density at radius 2 is 2.04 bits per heavy atom. The van der Waals surface area contributed by atoms with Crippen molar-refractivity contribution in [3.05, 3.63) is 44.9 Å². The first-order valence-electron chi connectivity index (χ1n) is 7.99. The molecule has 8 nitrogen and oxygen atoms in total. The fourth-order valence-electron chi connectivity index (χ4n) is 2.20. The Morgan fingerprint density at radius 1 is 1.29 bits per heavy atom. The standard InChI is InChI=1S/C17H17Cl2N3O5S/c1-27-5-4-22(16(26)10-2-3-12(18)13(19)6-10)8-14(23)21-17-20-11(9-28-17)7-15(24)25/h2-3,6,9H,4-5,7-8H2,1H3,(H,24,25)(H,20,21,23). The zero-order valence-corrected chi connectivity index (χ0v) is 17.1. The van der Waals surface area contributed by atoms with Crippen LogP contribution in [0.3, 0.4) is 0 Å². The van der Waals surface area contributed by atoms with Crippen molar-refractivity contribution in [2.24, 2.45) is 0 Å². The van der Waals surface area contributed by atoms with Crippen LogP contribution < -0.4 is 5.32 Å². The minimum atomic E-state index is -1.01. The molecule has 0 radical (unpaired) electrons. The van der Waals surface area contributed by atoms with Crippen molar-refractivity contribution in [3.8, 4) is 0 Å². The number of benzene rings is 1. The van der Waals surface area contributed by atoms with E-state index in [-0.39, 0.29) is 41.8 Å². The summed E-state index contributed by atoms with van der Waals surface area (Å²) in [4.78, 5) is 41.1. The highest BCUT2D eigenvalue weighted by Gasteiger charge is 2.20. The molecule has 2 N–H and O–H groups in total. The van der Waals surface area contributed by atoms with Crippen molar-refractivity contribution in [2.45, 2.75) is 6.42 Å². The number of methoxy groups -OCH3 is 1. The Morgan fingerprint density at radius 3 is 2.68 bits per heavy atom. The highest BCUT2D eigenvalue weighted by Crippen LogP contribution is 2.23. The molecule has 0 atom stereocenters. The molecular weight excluding hydrogens is 429 g/mol. The molecule has 150 valence electrons. The van der Waals surface area contributed by atoms with Crippen molar-refractivity contribution in [1.82, 2.24) is 9.88 Å². The number of hydrogen-bond acceptors (Lipinski definition) is 6. The second-order valence-corrected chi connectivity index (χ2v) is 7.28. The second kappa shape index (κ2) is 10.4. The largest absolute Gasteiger partial charge is 0.481 e. The highest BCUT2D eigenvalue weighted by molar-refractivity contribution is 7.13. The number of rotatable bonds is 9. The average Bonchev–Trinajstić information content (AvgIpc) is 3.06. The van der Waals surface area contributed by atoms with Gasteiger partial charge in [-0.2, -0.15) is 0 Å². The second-order valence-electron chi connectivity index (χ2n) is 5.61. The van der Waals surface area contributed by atoms with Gasteiger partial charge in [0.15, 0.2) is 5.13 Å². The summed E-state index contributed by atoms with van der Waals surface area (Å²) in [6, 6.07) is 4.46. The predicted molar refractivity (Wildman–Crippen MR) is 106 cm³/mol. The molecule has 2 aromatic rings. The van der Waals surface area contributed by atoms with E-state index in [4.69, 9.17) is 33.0 Å². The quantitative estimate of drug-likeness (QED) is 0.613. The lowest BCUT2D eigenvalue weighted by Crippen LogP contribution is -2.40. The van der Waals surface area contributed by atoms with Crippen LogP contribution >= 0.6 is 34.5 Å². The molecule has 0 saturated carbocycles. The molecule has 1 aromatic carbocycles. The molecule has 0 aliphatic rings. The Bertz CT molecular complexity index is 874. The van der Waals surface area contributed by atoms with Crippen LogP contribution in [-0.2, 0) is 20.7 Å². The summed E-state index contributed by atoms with van der Waals surface area (Å²) >= 11 is 12.9. The van der Waals surface area contributed by atoms with Gasteiger partial charge in [-0.3, -0.25) is 14.4 Å². The smallest absolute Gasteiger partial charge is 0.309 e. The Hall–Kier alpha value is -2.20. The molecule has 0 fully saturated rings. The van der Waals surface area contributed by atoms with Gasteiger partial charge >= 0.3 is 5.97 Å². The van der Waals surface area contributed by atoms with Crippen molar-refractivity contribution >= 4 is 57.5 Å². The van der Waals surface area contributed by atoms with Gasteiger partial charge in [-0.15, -0.1) is 11.3 Å². The topological polar surface area (TPSA) is 109 Å². The number of carbonyl (C=O) groups is 3. The van der Waals surface area contributed by atoms with Crippen LogP contribution in [0.5, 0.6) is 0 Å². The summed E-state index contributed by atoms with van der Waals surface area (Å²) in [5.41, 5.74) is 0.632. The Labute approximate surface area is 175 Å². The molecule has 2 rings (SSSR count). The van der Waals surface area contributed by atoms with E-state index in [1.54, 1.807) is 5.38 Å². The van der Waals surface area contributed by atoms with Crippen LogP contribution in [0.4, 0.5) is 5.13 Å². The average molecular weight is 446 g/mol. The number of ether oxygens (including phenoxy) is 1. The molecule has 1 heterocycles. The fourth-order valence-corrected chi connectivity index (χ4v) is 3.22. The number of carbonyl (C=O) groups excluding carboxylic acids is 2. The van der Waals surface area contributed by atoms with Crippen LogP contribution in [0.1, 0.15) is 16.1 Å².